The molecule has 0 aromatic carbocycles. The molecule has 0 aliphatic rings. The predicted octanol–water partition coefficient (Wildman–Crippen LogP) is -0.292. The van der Waals surface area contributed by atoms with Gasteiger partial charge in [0.15, 0.2) is 0 Å². The van der Waals surface area contributed by atoms with E-state index in [-0.39, 0.29) is 5.75 Å². The first-order chi connectivity index (χ1) is 8.27. The zero-order valence-electron chi connectivity index (χ0n) is 11.1. The third-order valence-electron chi connectivity index (χ3n) is 2.61. The van der Waals surface area contributed by atoms with Crippen molar-refractivity contribution in [2.24, 2.45) is 0 Å². The number of carbonyl (C=O) groups excluding carboxylic acids is 1. The van der Waals surface area contributed by atoms with Gasteiger partial charge in [0.25, 0.3) is 10.1 Å². The summed E-state index contributed by atoms with van der Waals surface area (Å²) in [7, 11) is 0.201. The van der Waals surface area contributed by atoms with Crippen molar-refractivity contribution in [3.8, 4) is 0 Å². The van der Waals surface area contributed by atoms with Gasteiger partial charge < -0.3 is 9.80 Å². The minimum Gasteiger partial charge on any atom is -0.328 e. The highest BCUT2D eigenvalue weighted by atomic mass is 32.2. The smallest absolute Gasteiger partial charge is 0.265 e. The molecule has 0 radical (unpaired) electrons. The van der Waals surface area contributed by atoms with Crippen LogP contribution >= 0.6 is 0 Å². The Kier molecular flexibility index (Phi) is 8.06. The topological polar surface area (TPSA) is 83.5 Å². The van der Waals surface area contributed by atoms with E-state index in [1.165, 1.54) is 6.08 Å². The molecule has 0 amide bonds. The molecule has 2 N–H and O–H groups in total. The number of nitrogens with zero attached hydrogens (tertiary/aromatic N) is 1. The van der Waals surface area contributed by atoms with E-state index in [0.717, 1.165) is 19.5 Å². The van der Waals surface area contributed by atoms with Crippen molar-refractivity contribution < 1.29 is 22.2 Å². The molecule has 0 bridgehead atoms. The minimum atomic E-state index is -3.85. The van der Waals surface area contributed by atoms with Crippen LogP contribution in [0.5, 0.6) is 0 Å². The van der Waals surface area contributed by atoms with Crippen LogP contribution in [0.25, 0.3) is 0 Å². The first kappa shape index (κ1) is 17.3. The zero-order chi connectivity index (χ0) is 14.1. The van der Waals surface area contributed by atoms with Gasteiger partial charge in [0.2, 0.25) is 0 Å². The van der Waals surface area contributed by atoms with E-state index in [1.807, 2.05) is 14.1 Å². The van der Waals surface area contributed by atoms with Gasteiger partial charge in [0, 0.05) is 32.0 Å². The maximum Gasteiger partial charge on any atom is 0.265 e. The molecule has 0 spiro atoms. The Balaban J connectivity index is 3.69. The van der Waals surface area contributed by atoms with E-state index < -0.39 is 10.1 Å². The Morgan fingerprint density at radius 2 is 1.89 bits per heavy atom. The third-order valence-corrected chi connectivity index (χ3v) is 3.42. The summed E-state index contributed by atoms with van der Waals surface area (Å²) in [6.07, 6.45) is 2.78. The van der Waals surface area contributed by atoms with Gasteiger partial charge in [-0.25, -0.2) is 4.79 Å². The molecule has 0 saturated carbocycles. The van der Waals surface area contributed by atoms with Gasteiger partial charge in [0.1, 0.15) is 5.94 Å². The highest BCUT2D eigenvalue weighted by molar-refractivity contribution is 7.85. The van der Waals surface area contributed by atoms with Crippen molar-refractivity contribution in [3.63, 3.8) is 0 Å². The van der Waals surface area contributed by atoms with Crippen molar-refractivity contribution in [1.82, 2.24) is 5.32 Å². The van der Waals surface area contributed by atoms with E-state index in [2.05, 4.69) is 5.32 Å². The Hall–Kier alpha value is -0.720. The van der Waals surface area contributed by atoms with Crippen LogP contribution in [0.15, 0.2) is 6.08 Å². The lowest BCUT2D eigenvalue weighted by Crippen LogP contribution is -2.42. The van der Waals surface area contributed by atoms with Gasteiger partial charge in [0.05, 0.1) is 32.9 Å². The molecule has 0 heterocycles. The Morgan fingerprint density at radius 3 is 2.44 bits per heavy atom. The standard InChI is InChI=1S/C11H22N2O4S/c1-13(2,9-5-11-18(15,16)17)8-3-6-12-7-4-10-14/h4,12H,3,5-9,11H2,1-2H3/p+1. The van der Waals surface area contributed by atoms with Crippen molar-refractivity contribution in [2.75, 3.05) is 46.0 Å². The quantitative estimate of drug-likeness (QED) is 0.248. The number of hydrogen-bond donors (Lipinski definition) is 2. The zero-order valence-corrected chi connectivity index (χ0v) is 11.9. The lowest BCUT2D eigenvalue weighted by atomic mass is 10.3. The van der Waals surface area contributed by atoms with Gasteiger partial charge in [-0.2, -0.15) is 8.42 Å². The second kappa shape index (κ2) is 8.39. The highest BCUT2D eigenvalue weighted by Crippen LogP contribution is 2.02. The number of quaternary nitrogens is 1. The van der Waals surface area contributed by atoms with Crippen molar-refractivity contribution in [2.45, 2.75) is 12.8 Å². The molecular formula is C11H23N2O4S+. The molecule has 0 fully saturated rings. The molecular weight excluding hydrogens is 256 g/mol. The Bertz CT molecular complexity index is 373. The number of nitrogens with one attached hydrogen (secondary N) is 1. The summed E-state index contributed by atoms with van der Waals surface area (Å²) in [5.41, 5.74) is 0. The van der Waals surface area contributed by atoms with Gasteiger partial charge in [-0.15, -0.1) is 0 Å². The fraction of sp³-hybridized carbons (Fsp3) is 0.818. The summed E-state index contributed by atoms with van der Waals surface area (Å²) < 4.78 is 30.5. The number of rotatable bonds is 10. The third kappa shape index (κ3) is 11.8. The molecule has 0 aromatic rings. The summed E-state index contributed by atoms with van der Waals surface area (Å²) in [6.45, 7) is 2.94. The Labute approximate surface area is 109 Å². The number of hydrogen-bond acceptors (Lipinski definition) is 4. The molecule has 7 heteroatoms. The summed E-state index contributed by atoms with van der Waals surface area (Å²) >= 11 is 0. The monoisotopic (exact) mass is 279 g/mol. The van der Waals surface area contributed by atoms with Crippen molar-refractivity contribution >= 4 is 16.1 Å². The molecule has 106 valence electrons. The van der Waals surface area contributed by atoms with Gasteiger partial charge >= 0.3 is 0 Å². The minimum absolute atomic E-state index is 0.183. The van der Waals surface area contributed by atoms with Crippen LogP contribution < -0.4 is 5.32 Å². The van der Waals surface area contributed by atoms with E-state index in [0.29, 0.717) is 24.0 Å². The van der Waals surface area contributed by atoms with Crippen LogP contribution in [0.1, 0.15) is 12.8 Å². The average molecular weight is 279 g/mol. The maximum atomic E-state index is 10.6. The van der Waals surface area contributed by atoms with E-state index in [4.69, 9.17) is 4.55 Å². The second-order valence-electron chi connectivity index (χ2n) is 4.90. The van der Waals surface area contributed by atoms with Crippen LogP contribution in [0, 0.1) is 0 Å². The van der Waals surface area contributed by atoms with Gasteiger partial charge in [-0.1, -0.05) is 0 Å². The lowest BCUT2D eigenvalue weighted by molar-refractivity contribution is -0.890. The van der Waals surface area contributed by atoms with E-state index >= 15 is 0 Å². The van der Waals surface area contributed by atoms with Crippen molar-refractivity contribution in [1.29, 1.82) is 0 Å². The van der Waals surface area contributed by atoms with Crippen LogP contribution in [0.3, 0.4) is 0 Å². The molecule has 0 aliphatic carbocycles. The average Bonchev–Trinajstić information content (AvgIpc) is 2.21. The largest absolute Gasteiger partial charge is 0.328 e. The Morgan fingerprint density at radius 1 is 1.28 bits per heavy atom. The summed E-state index contributed by atoms with van der Waals surface area (Å²) in [5.74, 6) is 1.51. The maximum absolute atomic E-state index is 10.6. The second-order valence-corrected chi connectivity index (χ2v) is 6.47. The van der Waals surface area contributed by atoms with E-state index in [1.54, 1.807) is 5.94 Å². The summed E-state index contributed by atoms with van der Waals surface area (Å²) in [5, 5.41) is 3.08. The van der Waals surface area contributed by atoms with Crippen LogP contribution in [0.4, 0.5) is 0 Å². The molecule has 18 heavy (non-hydrogen) atoms. The van der Waals surface area contributed by atoms with Crippen LogP contribution in [0.2, 0.25) is 0 Å². The summed E-state index contributed by atoms with van der Waals surface area (Å²) in [4.78, 5) is 9.90. The molecule has 0 saturated heterocycles. The fourth-order valence-corrected chi connectivity index (χ4v) is 2.13. The van der Waals surface area contributed by atoms with Crippen LogP contribution in [-0.4, -0.2) is 69.4 Å². The molecule has 0 atom stereocenters. The first-order valence-corrected chi connectivity index (χ1v) is 7.55. The molecule has 0 rings (SSSR count). The summed E-state index contributed by atoms with van der Waals surface area (Å²) in [6, 6.07) is 0. The lowest BCUT2D eigenvalue weighted by Gasteiger charge is -2.29. The van der Waals surface area contributed by atoms with Crippen molar-refractivity contribution in [3.05, 3.63) is 6.08 Å². The molecule has 0 aromatic heterocycles. The fourth-order valence-electron chi connectivity index (χ4n) is 1.63. The molecule has 0 unspecified atom stereocenters. The van der Waals surface area contributed by atoms with Crippen LogP contribution in [-0.2, 0) is 14.9 Å². The van der Waals surface area contributed by atoms with Gasteiger partial charge in [-0.05, 0) is 0 Å². The molecule has 6 nitrogen and oxygen atoms in total. The van der Waals surface area contributed by atoms with E-state index in [9.17, 15) is 13.2 Å². The highest BCUT2D eigenvalue weighted by Gasteiger charge is 2.15. The molecule has 0 aliphatic heterocycles. The van der Waals surface area contributed by atoms with Gasteiger partial charge in [-0.3, -0.25) is 4.55 Å². The SMILES string of the molecule is C[N+](C)(CCCNCC=C=O)CCCS(=O)(=O)O. The first-order valence-electron chi connectivity index (χ1n) is 5.94. The predicted molar refractivity (Wildman–Crippen MR) is 70.6 cm³/mol. The normalized spacial score (nSPS) is 12.2.